The predicted octanol–water partition coefficient (Wildman–Crippen LogP) is 2.11. The van der Waals surface area contributed by atoms with Gasteiger partial charge in [-0.05, 0) is 24.5 Å². The average Bonchev–Trinajstić information content (AvgIpc) is 2.43. The van der Waals surface area contributed by atoms with Crippen molar-refractivity contribution < 1.29 is 14.7 Å². The molecule has 5 heteroatoms. The Hall–Kier alpha value is -2.43. The molecule has 108 valence electrons. The van der Waals surface area contributed by atoms with E-state index in [1.54, 1.807) is 6.20 Å². The van der Waals surface area contributed by atoms with Crippen molar-refractivity contribution in [1.29, 1.82) is 0 Å². The molecule has 0 aliphatic heterocycles. The number of pyridine rings is 1. The van der Waals surface area contributed by atoms with E-state index in [2.05, 4.69) is 10.3 Å². The number of hydrogen-bond donors (Lipinski definition) is 2. The minimum atomic E-state index is -1.22. The summed E-state index contributed by atoms with van der Waals surface area (Å²) < 4.78 is 0. The van der Waals surface area contributed by atoms with Gasteiger partial charge < -0.3 is 10.4 Å². The van der Waals surface area contributed by atoms with Crippen LogP contribution < -0.4 is 5.32 Å². The molecule has 1 heterocycles. The summed E-state index contributed by atoms with van der Waals surface area (Å²) in [6.07, 6.45) is 3.33. The van der Waals surface area contributed by atoms with E-state index in [4.69, 9.17) is 0 Å². The first-order valence-corrected chi connectivity index (χ1v) is 6.98. The van der Waals surface area contributed by atoms with Crippen LogP contribution >= 0.6 is 0 Å². The van der Waals surface area contributed by atoms with Crippen molar-refractivity contribution >= 4 is 22.8 Å². The van der Waals surface area contributed by atoms with E-state index in [0.29, 0.717) is 19.4 Å². The Kier molecular flexibility index (Phi) is 3.33. The average molecular weight is 284 g/mol. The largest absolute Gasteiger partial charge is 0.480 e. The highest BCUT2D eigenvalue weighted by atomic mass is 16.4. The van der Waals surface area contributed by atoms with Gasteiger partial charge in [0.2, 0.25) is 5.91 Å². The van der Waals surface area contributed by atoms with Crippen LogP contribution in [0.5, 0.6) is 0 Å². The monoisotopic (exact) mass is 284 g/mol. The van der Waals surface area contributed by atoms with Gasteiger partial charge in [-0.15, -0.1) is 0 Å². The second-order valence-corrected chi connectivity index (χ2v) is 5.42. The Morgan fingerprint density at radius 1 is 1.24 bits per heavy atom. The Labute approximate surface area is 122 Å². The van der Waals surface area contributed by atoms with E-state index in [1.165, 1.54) is 0 Å². The van der Waals surface area contributed by atoms with Gasteiger partial charge >= 0.3 is 5.97 Å². The van der Waals surface area contributed by atoms with Gasteiger partial charge in [0.25, 0.3) is 0 Å². The number of aromatic nitrogens is 1. The third kappa shape index (κ3) is 2.24. The molecule has 1 aliphatic rings. The summed E-state index contributed by atoms with van der Waals surface area (Å²) in [7, 11) is 0. The molecule has 0 radical (unpaired) electrons. The molecule has 1 amide bonds. The Morgan fingerprint density at radius 3 is 2.67 bits per heavy atom. The van der Waals surface area contributed by atoms with Crippen LogP contribution in [0.3, 0.4) is 0 Å². The molecule has 2 N–H and O–H groups in total. The lowest BCUT2D eigenvalue weighted by Gasteiger charge is -2.35. The number of carboxylic acids is 1. The summed E-state index contributed by atoms with van der Waals surface area (Å²) in [6, 6.07) is 9.57. The topological polar surface area (TPSA) is 79.3 Å². The molecule has 0 bridgehead atoms. The fourth-order valence-electron chi connectivity index (χ4n) is 2.72. The zero-order valence-electron chi connectivity index (χ0n) is 11.5. The number of amides is 1. The molecule has 0 saturated heterocycles. The van der Waals surface area contributed by atoms with Crippen molar-refractivity contribution in [2.45, 2.75) is 25.8 Å². The summed E-state index contributed by atoms with van der Waals surface area (Å²) in [5.41, 5.74) is 0.498. The van der Waals surface area contributed by atoms with Gasteiger partial charge in [0.05, 0.1) is 5.52 Å². The summed E-state index contributed by atoms with van der Waals surface area (Å²) in [5.74, 6) is -1.42. The van der Waals surface area contributed by atoms with Crippen LogP contribution in [0, 0.1) is 5.41 Å². The molecular weight excluding hydrogens is 268 g/mol. The van der Waals surface area contributed by atoms with Gasteiger partial charge in [-0.3, -0.25) is 14.6 Å². The number of benzene rings is 1. The standard InChI is InChI=1S/C16H16N2O3/c19-14(16(15(20)21)7-3-8-16)18-10-12-5-1-4-11-6-2-9-17-13(11)12/h1-2,4-6,9H,3,7-8,10H2,(H,18,19)(H,20,21). The Morgan fingerprint density at radius 2 is 2.00 bits per heavy atom. The molecule has 1 aromatic heterocycles. The fraction of sp³-hybridized carbons (Fsp3) is 0.312. The van der Waals surface area contributed by atoms with Crippen LogP contribution in [0.2, 0.25) is 0 Å². The number of nitrogens with zero attached hydrogens (tertiary/aromatic N) is 1. The zero-order valence-corrected chi connectivity index (χ0v) is 11.5. The number of aliphatic carboxylic acids is 1. The SMILES string of the molecule is O=C(O)C1(C(=O)NCc2cccc3cccnc23)CCC1. The van der Waals surface area contributed by atoms with Crippen molar-refractivity contribution in [3.8, 4) is 0 Å². The number of carboxylic acid groups (broad SMARTS) is 1. The van der Waals surface area contributed by atoms with Crippen molar-refractivity contribution in [2.24, 2.45) is 5.41 Å². The third-order valence-corrected chi connectivity index (χ3v) is 4.21. The Bertz CT molecular complexity index is 702. The summed E-state index contributed by atoms with van der Waals surface area (Å²) in [5, 5.41) is 13.0. The highest BCUT2D eigenvalue weighted by Crippen LogP contribution is 2.41. The lowest BCUT2D eigenvalue weighted by molar-refractivity contribution is -0.162. The second-order valence-electron chi connectivity index (χ2n) is 5.42. The number of carbonyl (C=O) groups is 2. The quantitative estimate of drug-likeness (QED) is 0.843. The molecule has 3 rings (SSSR count). The van der Waals surface area contributed by atoms with Gasteiger partial charge in [-0.2, -0.15) is 0 Å². The first kappa shape index (κ1) is 13.5. The highest BCUT2D eigenvalue weighted by molar-refractivity contribution is 6.02. The molecule has 0 atom stereocenters. The molecule has 0 spiro atoms. The number of hydrogen-bond acceptors (Lipinski definition) is 3. The van der Waals surface area contributed by atoms with E-state index >= 15 is 0 Å². The number of fused-ring (bicyclic) bond motifs is 1. The van der Waals surface area contributed by atoms with Crippen molar-refractivity contribution in [2.75, 3.05) is 0 Å². The molecule has 1 fully saturated rings. The van der Waals surface area contributed by atoms with Crippen LogP contribution in [0.15, 0.2) is 36.5 Å². The molecule has 5 nitrogen and oxygen atoms in total. The van der Waals surface area contributed by atoms with E-state index in [9.17, 15) is 14.7 Å². The minimum absolute atomic E-state index is 0.294. The van der Waals surface area contributed by atoms with Crippen LogP contribution in [0.25, 0.3) is 10.9 Å². The first-order valence-electron chi connectivity index (χ1n) is 6.98. The molecule has 1 saturated carbocycles. The molecular formula is C16H16N2O3. The van der Waals surface area contributed by atoms with Crippen LogP contribution in [-0.2, 0) is 16.1 Å². The van der Waals surface area contributed by atoms with Crippen LogP contribution in [0.4, 0.5) is 0 Å². The van der Waals surface area contributed by atoms with E-state index < -0.39 is 17.3 Å². The van der Waals surface area contributed by atoms with Gasteiger partial charge in [0, 0.05) is 18.1 Å². The van der Waals surface area contributed by atoms with Gasteiger partial charge in [-0.25, -0.2) is 0 Å². The highest BCUT2D eigenvalue weighted by Gasteiger charge is 2.51. The molecule has 1 aromatic carbocycles. The lowest BCUT2D eigenvalue weighted by Crippen LogP contribution is -2.50. The third-order valence-electron chi connectivity index (χ3n) is 4.21. The maximum absolute atomic E-state index is 12.2. The predicted molar refractivity (Wildman–Crippen MR) is 77.5 cm³/mol. The van der Waals surface area contributed by atoms with Gasteiger partial charge in [0.1, 0.15) is 5.41 Å². The van der Waals surface area contributed by atoms with E-state index in [-0.39, 0.29) is 0 Å². The van der Waals surface area contributed by atoms with Gasteiger partial charge in [0.15, 0.2) is 0 Å². The number of carbonyl (C=O) groups excluding carboxylic acids is 1. The van der Waals surface area contributed by atoms with E-state index in [0.717, 1.165) is 22.9 Å². The van der Waals surface area contributed by atoms with Crippen molar-refractivity contribution in [1.82, 2.24) is 10.3 Å². The number of rotatable bonds is 4. The Balaban J connectivity index is 1.78. The van der Waals surface area contributed by atoms with Crippen LogP contribution in [0.1, 0.15) is 24.8 Å². The zero-order chi connectivity index (χ0) is 14.9. The molecule has 2 aromatic rings. The van der Waals surface area contributed by atoms with Crippen LogP contribution in [-0.4, -0.2) is 22.0 Å². The van der Waals surface area contributed by atoms with Crippen molar-refractivity contribution in [3.05, 3.63) is 42.1 Å². The van der Waals surface area contributed by atoms with Crippen molar-refractivity contribution in [3.63, 3.8) is 0 Å². The number of para-hydroxylation sites is 1. The normalized spacial score (nSPS) is 16.2. The smallest absolute Gasteiger partial charge is 0.319 e. The van der Waals surface area contributed by atoms with E-state index in [1.807, 2.05) is 30.3 Å². The first-order chi connectivity index (χ1) is 10.1. The summed E-state index contributed by atoms with van der Waals surface area (Å²) in [4.78, 5) is 27.8. The summed E-state index contributed by atoms with van der Waals surface area (Å²) >= 11 is 0. The second kappa shape index (κ2) is 5.16. The summed E-state index contributed by atoms with van der Waals surface area (Å²) in [6.45, 7) is 0.294. The molecule has 21 heavy (non-hydrogen) atoms. The maximum Gasteiger partial charge on any atom is 0.319 e. The fourth-order valence-corrected chi connectivity index (χ4v) is 2.72. The van der Waals surface area contributed by atoms with Gasteiger partial charge in [-0.1, -0.05) is 30.7 Å². The molecule has 0 unspecified atom stereocenters. The molecule has 1 aliphatic carbocycles. The minimum Gasteiger partial charge on any atom is -0.480 e. The maximum atomic E-state index is 12.2. The number of nitrogens with one attached hydrogen (secondary N) is 1. The lowest BCUT2D eigenvalue weighted by atomic mass is 9.68.